The summed E-state index contributed by atoms with van der Waals surface area (Å²) in [5.74, 6) is -0.171. The van der Waals surface area contributed by atoms with Crippen LogP contribution < -0.4 is 10.1 Å². The van der Waals surface area contributed by atoms with Crippen molar-refractivity contribution < 1.29 is 23.8 Å². The highest BCUT2D eigenvalue weighted by atomic mass is 16.5. The Labute approximate surface area is 167 Å². The van der Waals surface area contributed by atoms with E-state index in [4.69, 9.17) is 14.2 Å². The number of anilines is 1. The van der Waals surface area contributed by atoms with Crippen LogP contribution in [0.5, 0.6) is 5.75 Å². The minimum atomic E-state index is -0.799. The van der Waals surface area contributed by atoms with Crippen LogP contribution in [0.2, 0.25) is 0 Å². The van der Waals surface area contributed by atoms with E-state index in [0.29, 0.717) is 30.2 Å². The van der Waals surface area contributed by atoms with Gasteiger partial charge in [0.05, 0.1) is 13.7 Å². The molecular formula is C22H33NO5. The molecule has 0 aromatic heterocycles. The van der Waals surface area contributed by atoms with Crippen molar-refractivity contribution in [2.45, 2.75) is 70.8 Å². The second-order valence-electron chi connectivity index (χ2n) is 7.20. The zero-order valence-electron chi connectivity index (χ0n) is 17.3. The van der Waals surface area contributed by atoms with E-state index in [-0.39, 0.29) is 5.91 Å². The van der Waals surface area contributed by atoms with Crippen molar-refractivity contribution in [2.75, 3.05) is 25.6 Å². The standard InChI is InChI=1S/C22H33NO5/c1-4-6-15-27-19-12-11-17(16-18(19)20(24)26-3)23-21(25)22(28-5-2)13-9-7-8-10-14-22/h11-12,16H,4-10,13-15H2,1-3H3,(H,23,25). The van der Waals surface area contributed by atoms with Gasteiger partial charge in [-0.25, -0.2) is 4.79 Å². The molecule has 28 heavy (non-hydrogen) atoms. The monoisotopic (exact) mass is 391 g/mol. The number of ether oxygens (including phenoxy) is 3. The Balaban J connectivity index is 2.21. The van der Waals surface area contributed by atoms with Crippen LogP contribution in [0.3, 0.4) is 0 Å². The molecule has 1 amide bonds. The van der Waals surface area contributed by atoms with E-state index in [1.165, 1.54) is 7.11 Å². The normalized spacial score (nSPS) is 16.1. The molecule has 0 unspecified atom stereocenters. The van der Waals surface area contributed by atoms with Crippen molar-refractivity contribution in [3.63, 3.8) is 0 Å². The van der Waals surface area contributed by atoms with E-state index in [1.54, 1.807) is 18.2 Å². The van der Waals surface area contributed by atoms with Gasteiger partial charge >= 0.3 is 5.97 Å². The van der Waals surface area contributed by atoms with Crippen LogP contribution in [0.1, 0.15) is 75.6 Å². The summed E-state index contributed by atoms with van der Waals surface area (Å²) in [6, 6.07) is 5.07. The predicted octanol–water partition coefficient (Wildman–Crippen LogP) is 4.72. The van der Waals surface area contributed by atoms with Gasteiger partial charge in [-0.2, -0.15) is 0 Å². The van der Waals surface area contributed by atoms with E-state index < -0.39 is 11.6 Å². The summed E-state index contributed by atoms with van der Waals surface area (Å²) < 4.78 is 16.5. The van der Waals surface area contributed by atoms with Gasteiger partial charge in [-0.1, -0.05) is 39.0 Å². The molecule has 1 saturated carbocycles. The highest BCUT2D eigenvalue weighted by Crippen LogP contribution is 2.32. The van der Waals surface area contributed by atoms with Gasteiger partial charge in [-0.15, -0.1) is 0 Å². The van der Waals surface area contributed by atoms with Crippen molar-refractivity contribution in [1.29, 1.82) is 0 Å². The minimum absolute atomic E-state index is 0.147. The third-order valence-corrected chi connectivity index (χ3v) is 5.14. The van der Waals surface area contributed by atoms with E-state index in [2.05, 4.69) is 12.2 Å². The summed E-state index contributed by atoms with van der Waals surface area (Å²) in [4.78, 5) is 25.3. The minimum Gasteiger partial charge on any atom is -0.493 e. The molecule has 0 bridgehead atoms. The Hall–Kier alpha value is -2.08. The number of methoxy groups -OCH3 is 1. The van der Waals surface area contributed by atoms with E-state index in [9.17, 15) is 9.59 Å². The lowest BCUT2D eigenvalue weighted by Gasteiger charge is -2.31. The maximum atomic E-state index is 13.1. The van der Waals surface area contributed by atoms with Gasteiger partial charge in [0.25, 0.3) is 5.91 Å². The fourth-order valence-electron chi connectivity index (χ4n) is 3.59. The van der Waals surface area contributed by atoms with Crippen LogP contribution in [-0.2, 0) is 14.3 Å². The average molecular weight is 392 g/mol. The van der Waals surface area contributed by atoms with E-state index in [1.807, 2.05) is 6.92 Å². The molecule has 6 nitrogen and oxygen atoms in total. The maximum absolute atomic E-state index is 13.1. The summed E-state index contributed by atoms with van der Waals surface area (Å²) in [5.41, 5.74) is 0.0479. The first-order chi connectivity index (χ1) is 13.6. The lowest BCUT2D eigenvalue weighted by atomic mass is 9.92. The lowest BCUT2D eigenvalue weighted by molar-refractivity contribution is -0.143. The molecular weight excluding hydrogens is 358 g/mol. The molecule has 1 N–H and O–H groups in total. The summed E-state index contributed by atoms with van der Waals surface area (Å²) >= 11 is 0. The molecule has 1 aromatic carbocycles. The molecule has 0 heterocycles. The number of carbonyl (C=O) groups is 2. The highest BCUT2D eigenvalue weighted by Gasteiger charge is 2.39. The Morgan fingerprint density at radius 1 is 1.11 bits per heavy atom. The number of rotatable bonds is 9. The van der Waals surface area contributed by atoms with Gasteiger partial charge < -0.3 is 19.5 Å². The molecule has 1 fully saturated rings. The molecule has 1 aliphatic carbocycles. The molecule has 2 rings (SSSR count). The average Bonchev–Trinajstić information content (AvgIpc) is 2.95. The smallest absolute Gasteiger partial charge is 0.341 e. The number of hydrogen-bond acceptors (Lipinski definition) is 5. The number of benzene rings is 1. The van der Waals surface area contributed by atoms with Crippen molar-refractivity contribution in [3.05, 3.63) is 23.8 Å². The van der Waals surface area contributed by atoms with Crippen molar-refractivity contribution in [2.24, 2.45) is 0 Å². The third kappa shape index (κ3) is 5.71. The molecule has 0 saturated heterocycles. The molecule has 156 valence electrons. The quantitative estimate of drug-likeness (QED) is 0.374. The van der Waals surface area contributed by atoms with Gasteiger partial charge in [-0.05, 0) is 44.4 Å². The third-order valence-electron chi connectivity index (χ3n) is 5.14. The summed E-state index contributed by atoms with van der Waals surface area (Å²) in [7, 11) is 1.33. The fourth-order valence-corrected chi connectivity index (χ4v) is 3.59. The Morgan fingerprint density at radius 2 is 1.82 bits per heavy atom. The van der Waals surface area contributed by atoms with Crippen LogP contribution >= 0.6 is 0 Å². The van der Waals surface area contributed by atoms with Crippen LogP contribution in [0.15, 0.2) is 18.2 Å². The summed E-state index contributed by atoms with van der Waals surface area (Å²) in [6.07, 6.45) is 7.54. The van der Waals surface area contributed by atoms with Crippen LogP contribution in [0.25, 0.3) is 0 Å². The number of esters is 1. The molecule has 0 spiro atoms. The summed E-state index contributed by atoms with van der Waals surface area (Å²) in [5, 5.41) is 2.95. The lowest BCUT2D eigenvalue weighted by Crippen LogP contribution is -2.45. The first-order valence-corrected chi connectivity index (χ1v) is 10.4. The SMILES string of the molecule is CCCCOc1ccc(NC(=O)C2(OCC)CCCCCC2)cc1C(=O)OC. The highest BCUT2D eigenvalue weighted by molar-refractivity contribution is 5.99. The molecule has 1 aromatic rings. The van der Waals surface area contributed by atoms with Crippen molar-refractivity contribution in [1.82, 2.24) is 0 Å². The predicted molar refractivity (Wildman–Crippen MR) is 109 cm³/mol. The Bertz CT molecular complexity index is 650. The largest absolute Gasteiger partial charge is 0.493 e. The Morgan fingerprint density at radius 3 is 2.43 bits per heavy atom. The summed E-state index contributed by atoms with van der Waals surface area (Å²) in [6.45, 7) is 5.01. The second-order valence-corrected chi connectivity index (χ2v) is 7.20. The van der Waals surface area contributed by atoms with E-state index >= 15 is 0 Å². The van der Waals surface area contributed by atoms with Gasteiger partial charge in [0.15, 0.2) is 0 Å². The second kappa shape index (κ2) is 11.1. The van der Waals surface area contributed by atoms with Gasteiger partial charge in [-0.3, -0.25) is 4.79 Å². The first-order valence-electron chi connectivity index (χ1n) is 10.4. The number of carbonyl (C=O) groups excluding carboxylic acids is 2. The fraction of sp³-hybridized carbons (Fsp3) is 0.636. The zero-order chi connectivity index (χ0) is 20.4. The van der Waals surface area contributed by atoms with Crippen molar-refractivity contribution in [3.8, 4) is 5.75 Å². The van der Waals surface area contributed by atoms with Gasteiger partial charge in [0.2, 0.25) is 0 Å². The van der Waals surface area contributed by atoms with Crippen LogP contribution in [0, 0.1) is 0 Å². The van der Waals surface area contributed by atoms with Crippen LogP contribution in [0.4, 0.5) is 5.69 Å². The molecule has 0 atom stereocenters. The molecule has 6 heteroatoms. The number of hydrogen-bond donors (Lipinski definition) is 1. The molecule has 0 radical (unpaired) electrons. The Kier molecular flexibility index (Phi) is 8.77. The molecule has 1 aliphatic rings. The topological polar surface area (TPSA) is 73.9 Å². The zero-order valence-corrected chi connectivity index (χ0v) is 17.3. The molecule has 0 aliphatic heterocycles. The maximum Gasteiger partial charge on any atom is 0.341 e. The van der Waals surface area contributed by atoms with Gasteiger partial charge in [0, 0.05) is 12.3 Å². The van der Waals surface area contributed by atoms with Crippen LogP contribution in [-0.4, -0.2) is 37.8 Å². The first kappa shape index (κ1) is 22.2. The number of unbranched alkanes of at least 4 members (excludes halogenated alkanes) is 1. The van der Waals surface area contributed by atoms with E-state index in [0.717, 1.165) is 51.4 Å². The number of amides is 1. The van der Waals surface area contributed by atoms with Gasteiger partial charge in [0.1, 0.15) is 16.9 Å². The number of nitrogens with one attached hydrogen (secondary N) is 1. The van der Waals surface area contributed by atoms with Crippen molar-refractivity contribution >= 4 is 17.6 Å².